The maximum Gasteiger partial charge on any atom is 0.254 e. The number of halogens is 2. The van der Waals surface area contributed by atoms with E-state index in [1.165, 1.54) is 19.2 Å². The van der Waals surface area contributed by atoms with Crippen molar-refractivity contribution in [3.8, 4) is 0 Å². The van der Waals surface area contributed by atoms with Gasteiger partial charge in [-0.1, -0.05) is 11.6 Å². The molecule has 0 aliphatic carbocycles. The summed E-state index contributed by atoms with van der Waals surface area (Å²) in [7, 11) is 1.48. The molecule has 1 aromatic carbocycles. The summed E-state index contributed by atoms with van der Waals surface area (Å²) < 4.78 is 18.3. The molecule has 1 amide bonds. The van der Waals surface area contributed by atoms with E-state index in [1.807, 2.05) is 0 Å². The molecule has 18 heavy (non-hydrogen) atoms. The lowest BCUT2D eigenvalue weighted by atomic mass is 10.1. The van der Waals surface area contributed by atoms with E-state index < -0.39 is 11.7 Å². The zero-order valence-corrected chi connectivity index (χ0v) is 10.7. The molecule has 0 fully saturated rings. The van der Waals surface area contributed by atoms with Gasteiger partial charge in [0.25, 0.3) is 5.91 Å². The Hall–Kier alpha value is -1.17. The molecule has 0 aliphatic rings. The highest BCUT2D eigenvalue weighted by molar-refractivity contribution is 6.31. The van der Waals surface area contributed by atoms with Gasteiger partial charge in [-0.3, -0.25) is 4.79 Å². The van der Waals surface area contributed by atoms with E-state index in [0.29, 0.717) is 6.42 Å². The lowest BCUT2D eigenvalue weighted by Gasteiger charge is -2.17. The first-order valence-corrected chi connectivity index (χ1v) is 5.82. The van der Waals surface area contributed by atoms with Crippen molar-refractivity contribution in [2.75, 3.05) is 20.3 Å². The third kappa shape index (κ3) is 4.25. The Bertz CT molecular complexity index is 408. The van der Waals surface area contributed by atoms with Crippen molar-refractivity contribution in [2.45, 2.75) is 12.5 Å². The first kappa shape index (κ1) is 14.9. The van der Waals surface area contributed by atoms with Crippen molar-refractivity contribution in [1.82, 2.24) is 5.32 Å². The molecular formula is C12H15ClFNO3. The predicted molar refractivity (Wildman–Crippen MR) is 66.2 cm³/mol. The van der Waals surface area contributed by atoms with Crippen molar-refractivity contribution < 1.29 is 19.0 Å². The van der Waals surface area contributed by atoms with Crippen LogP contribution in [0.5, 0.6) is 0 Å². The summed E-state index contributed by atoms with van der Waals surface area (Å²) in [6.45, 7) is 0.154. The summed E-state index contributed by atoms with van der Waals surface area (Å²) in [5.41, 5.74) is -0.124. The minimum absolute atomic E-state index is 0.0909. The summed E-state index contributed by atoms with van der Waals surface area (Å²) >= 11 is 5.71. The van der Waals surface area contributed by atoms with E-state index in [9.17, 15) is 9.18 Å². The van der Waals surface area contributed by atoms with Gasteiger partial charge in [-0.25, -0.2) is 4.39 Å². The summed E-state index contributed by atoms with van der Waals surface area (Å²) in [5.74, 6) is -1.22. The van der Waals surface area contributed by atoms with Crippen LogP contribution in [0.3, 0.4) is 0 Å². The van der Waals surface area contributed by atoms with Crippen LogP contribution in [0.15, 0.2) is 18.2 Å². The first-order valence-electron chi connectivity index (χ1n) is 5.44. The third-order valence-corrected chi connectivity index (χ3v) is 2.59. The van der Waals surface area contributed by atoms with Crippen LogP contribution in [0.1, 0.15) is 16.8 Å². The Balaban J connectivity index is 2.76. The molecule has 1 atom stereocenters. The molecule has 6 heteroatoms. The normalized spacial score (nSPS) is 12.2. The summed E-state index contributed by atoms with van der Waals surface area (Å²) in [5, 5.41) is 11.7. The lowest BCUT2D eigenvalue weighted by molar-refractivity contribution is 0.0875. The van der Waals surface area contributed by atoms with Gasteiger partial charge in [-0.15, -0.1) is 0 Å². The van der Waals surface area contributed by atoms with Crippen LogP contribution in [-0.2, 0) is 4.74 Å². The topological polar surface area (TPSA) is 58.6 Å². The van der Waals surface area contributed by atoms with Gasteiger partial charge in [-0.05, 0) is 24.6 Å². The van der Waals surface area contributed by atoms with Crippen molar-refractivity contribution in [2.24, 2.45) is 0 Å². The van der Waals surface area contributed by atoms with E-state index >= 15 is 0 Å². The smallest absolute Gasteiger partial charge is 0.254 e. The van der Waals surface area contributed by atoms with Gasteiger partial charge in [0.05, 0.1) is 18.2 Å². The molecule has 0 aliphatic heterocycles. The average molecular weight is 276 g/mol. The predicted octanol–water partition coefficient (Wildman–Crippen LogP) is 1.61. The van der Waals surface area contributed by atoms with Gasteiger partial charge >= 0.3 is 0 Å². The molecule has 1 rings (SSSR count). The van der Waals surface area contributed by atoms with Crippen LogP contribution in [0.4, 0.5) is 4.39 Å². The van der Waals surface area contributed by atoms with Gasteiger partial charge in [0.2, 0.25) is 0 Å². The molecule has 100 valence electrons. The molecule has 0 saturated heterocycles. The van der Waals surface area contributed by atoms with Gasteiger partial charge in [0, 0.05) is 18.7 Å². The minimum Gasteiger partial charge on any atom is -0.396 e. The molecule has 0 saturated carbocycles. The van der Waals surface area contributed by atoms with Crippen LogP contribution >= 0.6 is 11.6 Å². The molecule has 0 heterocycles. The average Bonchev–Trinajstić information content (AvgIpc) is 2.33. The Morgan fingerprint density at radius 2 is 2.33 bits per heavy atom. The zero-order valence-electron chi connectivity index (χ0n) is 9.95. The van der Waals surface area contributed by atoms with E-state index in [0.717, 1.165) is 6.07 Å². The van der Waals surface area contributed by atoms with Crippen LogP contribution in [0.2, 0.25) is 5.02 Å². The molecule has 1 unspecified atom stereocenters. The Morgan fingerprint density at radius 3 is 2.94 bits per heavy atom. The number of carbonyl (C=O) groups excluding carboxylic acids is 1. The second kappa shape index (κ2) is 7.31. The fourth-order valence-corrected chi connectivity index (χ4v) is 1.66. The summed E-state index contributed by atoms with van der Waals surface area (Å²) in [6, 6.07) is 3.39. The lowest BCUT2D eigenvalue weighted by Crippen LogP contribution is -2.39. The fourth-order valence-electron chi connectivity index (χ4n) is 1.49. The van der Waals surface area contributed by atoms with E-state index in [4.69, 9.17) is 21.4 Å². The molecule has 2 N–H and O–H groups in total. The molecule has 0 bridgehead atoms. The van der Waals surface area contributed by atoms with Crippen LogP contribution in [0, 0.1) is 5.82 Å². The number of rotatable bonds is 6. The highest BCUT2D eigenvalue weighted by Crippen LogP contribution is 2.15. The number of aliphatic hydroxyl groups is 1. The van der Waals surface area contributed by atoms with Gasteiger partial charge < -0.3 is 15.2 Å². The van der Waals surface area contributed by atoms with Crippen molar-refractivity contribution in [1.29, 1.82) is 0 Å². The summed E-state index contributed by atoms with van der Waals surface area (Å²) in [4.78, 5) is 11.8. The highest BCUT2D eigenvalue weighted by Gasteiger charge is 2.16. The fraction of sp³-hybridized carbons (Fsp3) is 0.417. The molecular weight excluding hydrogens is 261 g/mol. The minimum atomic E-state index is -0.642. The zero-order chi connectivity index (χ0) is 13.5. The van der Waals surface area contributed by atoms with Gasteiger partial charge in [0.1, 0.15) is 5.82 Å². The van der Waals surface area contributed by atoms with Crippen molar-refractivity contribution in [3.63, 3.8) is 0 Å². The number of hydrogen-bond donors (Lipinski definition) is 2. The maximum atomic E-state index is 13.4. The largest absolute Gasteiger partial charge is 0.396 e. The molecule has 0 spiro atoms. The second-order valence-electron chi connectivity index (χ2n) is 3.76. The molecule has 1 aromatic rings. The van der Waals surface area contributed by atoms with Gasteiger partial charge in [0.15, 0.2) is 0 Å². The van der Waals surface area contributed by atoms with E-state index in [1.54, 1.807) is 0 Å². The van der Waals surface area contributed by atoms with Crippen LogP contribution < -0.4 is 5.32 Å². The number of hydrogen-bond acceptors (Lipinski definition) is 3. The van der Waals surface area contributed by atoms with Crippen LogP contribution in [0.25, 0.3) is 0 Å². The van der Waals surface area contributed by atoms with Gasteiger partial charge in [-0.2, -0.15) is 0 Å². The Kier molecular flexibility index (Phi) is 6.04. The first-order chi connectivity index (χ1) is 8.58. The number of amides is 1. The third-order valence-electron chi connectivity index (χ3n) is 2.35. The van der Waals surface area contributed by atoms with Crippen molar-refractivity contribution >= 4 is 17.5 Å². The number of aliphatic hydroxyl groups excluding tert-OH is 1. The maximum absolute atomic E-state index is 13.4. The Morgan fingerprint density at radius 1 is 1.61 bits per heavy atom. The summed E-state index contributed by atoms with van der Waals surface area (Å²) in [6.07, 6.45) is 0.335. The molecule has 4 nitrogen and oxygen atoms in total. The second-order valence-corrected chi connectivity index (χ2v) is 4.20. The number of methoxy groups -OCH3 is 1. The quantitative estimate of drug-likeness (QED) is 0.829. The molecule has 0 aromatic heterocycles. The number of ether oxygens (including phenoxy) is 1. The standard InChI is InChI=1S/C12H15ClFNO3/c1-18-7-9(4-5-16)15-12(17)10-6-8(13)2-3-11(10)14/h2-3,6,9,16H,4-5,7H2,1H3,(H,15,17). The number of carbonyl (C=O) groups is 1. The highest BCUT2D eigenvalue weighted by atomic mass is 35.5. The van der Waals surface area contributed by atoms with E-state index in [2.05, 4.69) is 5.32 Å². The van der Waals surface area contributed by atoms with Crippen molar-refractivity contribution in [3.05, 3.63) is 34.6 Å². The number of benzene rings is 1. The number of nitrogens with one attached hydrogen (secondary N) is 1. The molecule has 0 radical (unpaired) electrons. The SMILES string of the molecule is COCC(CCO)NC(=O)c1cc(Cl)ccc1F. The Labute approximate surface area is 110 Å². The monoisotopic (exact) mass is 275 g/mol. The van der Waals surface area contributed by atoms with Crippen LogP contribution in [-0.4, -0.2) is 37.4 Å². The van der Waals surface area contributed by atoms with E-state index in [-0.39, 0.29) is 29.8 Å².